The summed E-state index contributed by atoms with van der Waals surface area (Å²) in [6.45, 7) is -0.412. The van der Waals surface area contributed by atoms with Crippen molar-refractivity contribution < 1.29 is 14.4 Å². The quantitative estimate of drug-likeness (QED) is 0.605. The fourth-order valence-corrected chi connectivity index (χ4v) is 3.55. The van der Waals surface area contributed by atoms with Gasteiger partial charge in [-0.1, -0.05) is 71.7 Å². The zero-order valence-electron chi connectivity index (χ0n) is 15.0. The number of hydrogen-bond donors (Lipinski definition) is 1. The Kier molecular flexibility index (Phi) is 5.09. The van der Waals surface area contributed by atoms with Crippen LogP contribution in [0.15, 0.2) is 66.7 Å². The lowest BCUT2D eigenvalue weighted by molar-refractivity contribution is -0.116. The number of halogens is 2. The SMILES string of the molecule is O=C(CN1C(=O)c2cc(Cl)c(Cl)cc2C1=O)Nc1ccccc1-c1ccccc1. The van der Waals surface area contributed by atoms with Crippen molar-refractivity contribution in [1.82, 2.24) is 4.90 Å². The lowest BCUT2D eigenvalue weighted by atomic mass is 10.0. The fraction of sp³-hybridized carbons (Fsp3) is 0.0455. The van der Waals surface area contributed by atoms with E-state index < -0.39 is 24.3 Å². The molecular formula is C22H14Cl2N2O3. The number of para-hydroxylation sites is 1. The summed E-state index contributed by atoms with van der Waals surface area (Å²) in [6, 6.07) is 19.6. The lowest BCUT2D eigenvalue weighted by Gasteiger charge is -2.15. The average molecular weight is 425 g/mol. The molecule has 3 aromatic carbocycles. The first-order valence-electron chi connectivity index (χ1n) is 8.75. The molecule has 0 aromatic heterocycles. The van der Waals surface area contributed by atoms with Crippen molar-refractivity contribution in [1.29, 1.82) is 0 Å². The molecule has 1 heterocycles. The summed E-state index contributed by atoms with van der Waals surface area (Å²) in [5, 5.41) is 3.14. The fourth-order valence-electron chi connectivity index (χ4n) is 3.22. The molecule has 0 unspecified atom stereocenters. The van der Waals surface area contributed by atoms with Gasteiger partial charge in [-0.05, 0) is 23.8 Å². The first-order valence-corrected chi connectivity index (χ1v) is 9.51. The third kappa shape index (κ3) is 3.62. The number of amides is 3. The van der Waals surface area contributed by atoms with E-state index in [9.17, 15) is 14.4 Å². The predicted octanol–water partition coefficient (Wildman–Crippen LogP) is 4.90. The molecule has 1 aliphatic rings. The van der Waals surface area contributed by atoms with Gasteiger partial charge in [0.25, 0.3) is 11.8 Å². The van der Waals surface area contributed by atoms with Gasteiger partial charge in [0, 0.05) is 11.3 Å². The van der Waals surface area contributed by atoms with E-state index in [1.165, 1.54) is 12.1 Å². The zero-order chi connectivity index (χ0) is 20.5. The molecule has 7 heteroatoms. The number of nitrogens with one attached hydrogen (secondary N) is 1. The number of imide groups is 1. The Hall–Kier alpha value is -3.15. The molecule has 29 heavy (non-hydrogen) atoms. The Morgan fingerprint density at radius 2 is 1.34 bits per heavy atom. The molecule has 0 atom stereocenters. The van der Waals surface area contributed by atoms with Crippen LogP contribution in [0.1, 0.15) is 20.7 Å². The predicted molar refractivity (Wildman–Crippen MR) is 112 cm³/mol. The second-order valence-electron chi connectivity index (χ2n) is 6.47. The third-order valence-electron chi connectivity index (χ3n) is 4.60. The lowest BCUT2D eigenvalue weighted by Crippen LogP contribution is -2.37. The number of benzene rings is 3. The van der Waals surface area contributed by atoms with E-state index in [0.29, 0.717) is 5.69 Å². The van der Waals surface area contributed by atoms with E-state index in [4.69, 9.17) is 23.2 Å². The number of nitrogens with zero attached hydrogens (tertiary/aromatic N) is 1. The molecule has 0 spiro atoms. The van der Waals surface area contributed by atoms with Crippen LogP contribution in [-0.2, 0) is 4.79 Å². The highest BCUT2D eigenvalue weighted by molar-refractivity contribution is 6.43. The summed E-state index contributed by atoms with van der Waals surface area (Å²) in [4.78, 5) is 38.6. The van der Waals surface area contributed by atoms with Crippen molar-refractivity contribution in [2.24, 2.45) is 0 Å². The molecule has 0 aliphatic carbocycles. The first kappa shape index (κ1) is 19.2. The summed E-state index contributed by atoms with van der Waals surface area (Å²) in [5.74, 6) is -1.63. The molecule has 5 nitrogen and oxygen atoms in total. The number of hydrogen-bond acceptors (Lipinski definition) is 3. The maximum absolute atomic E-state index is 12.6. The molecular weight excluding hydrogens is 411 g/mol. The maximum atomic E-state index is 12.6. The van der Waals surface area contributed by atoms with Gasteiger partial charge >= 0.3 is 0 Å². The van der Waals surface area contributed by atoms with Crippen molar-refractivity contribution in [3.05, 3.63) is 87.9 Å². The molecule has 0 saturated heterocycles. The summed E-state index contributed by atoms with van der Waals surface area (Å²) in [6.07, 6.45) is 0. The van der Waals surface area contributed by atoms with Gasteiger partial charge in [-0.15, -0.1) is 0 Å². The molecule has 1 N–H and O–H groups in total. The van der Waals surface area contributed by atoms with Crippen LogP contribution in [0.25, 0.3) is 11.1 Å². The van der Waals surface area contributed by atoms with Crippen molar-refractivity contribution in [2.75, 3.05) is 11.9 Å². The van der Waals surface area contributed by atoms with Crippen molar-refractivity contribution >= 4 is 46.6 Å². The standard InChI is InChI=1S/C22H14Cl2N2O3/c23-17-10-15-16(11-18(17)24)22(29)26(21(15)28)12-20(27)25-19-9-5-4-8-14(19)13-6-2-1-3-7-13/h1-11H,12H2,(H,25,27). The average Bonchev–Trinajstić information content (AvgIpc) is 2.94. The Morgan fingerprint density at radius 3 is 1.97 bits per heavy atom. The van der Waals surface area contributed by atoms with Crippen molar-refractivity contribution in [3.63, 3.8) is 0 Å². The summed E-state index contributed by atoms with van der Waals surface area (Å²) >= 11 is 11.9. The van der Waals surface area contributed by atoms with Gasteiger partial charge in [-0.3, -0.25) is 19.3 Å². The van der Waals surface area contributed by atoms with Crippen LogP contribution < -0.4 is 5.32 Å². The smallest absolute Gasteiger partial charge is 0.262 e. The Morgan fingerprint density at radius 1 is 0.793 bits per heavy atom. The van der Waals surface area contributed by atoms with Crippen molar-refractivity contribution in [3.8, 4) is 11.1 Å². The van der Waals surface area contributed by atoms with Crippen LogP contribution in [0.3, 0.4) is 0 Å². The minimum absolute atomic E-state index is 0.141. The Labute approximate surface area is 176 Å². The molecule has 0 radical (unpaired) electrons. The third-order valence-corrected chi connectivity index (χ3v) is 5.32. The highest BCUT2D eigenvalue weighted by atomic mass is 35.5. The number of rotatable bonds is 4. The molecule has 4 rings (SSSR count). The monoisotopic (exact) mass is 424 g/mol. The van der Waals surface area contributed by atoms with Crippen LogP contribution in [0.4, 0.5) is 5.69 Å². The zero-order valence-corrected chi connectivity index (χ0v) is 16.5. The van der Waals surface area contributed by atoms with Gasteiger partial charge in [0.2, 0.25) is 5.91 Å². The topological polar surface area (TPSA) is 66.5 Å². The highest BCUT2D eigenvalue weighted by Gasteiger charge is 2.37. The highest BCUT2D eigenvalue weighted by Crippen LogP contribution is 2.32. The van der Waals surface area contributed by atoms with Crippen molar-refractivity contribution in [2.45, 2.75) is 0 Å². The van der Waals surface area contributed by atoms with Crippen LogP contribution >= 0.6 is 23.2 Å². The van der Waals surface area contributed by atoms with Crippen LogP contribution in [-0.4, -0.2) is 29.2 Å². The largest absolute Gasteiger partial charge is 0.324 e. The summed E-state index contributed by atoms with van der Waals surface area (Å²) in [5.41, 5.74) is 2.64. The van der Waals surface area contributed by atoms with E-state index in [0.717, 1.165) is 16.0 Å². The van der Waals surface area contributed by atoms with Gasteiger partial charge in [-0.2, -0.15) is 0 Å². The Balaban J connectivity index is 1.55. The van der Waals surface area contributed by atoms with Crippen LogP contribution in [0.2, 0.25) is 10.0 Å². The maximum Gasteiger partial charge on any atom is 0.262 e. The minimum atomic E-state index is -0.574. The van der Waals surface area contributed by atoms with Gasteiger partial charge in [0.1, 0.15) is 6.54 Å². The van der Waals surface area contributed by atoms with E-state index in [2.05, 4.69) is 5.32 Å². The molecule has 0 fully saturated rings. The van der Waals surface area contributed by atoms with E-state index in [1.807, 2.05) is 42.5 Å². The van der Waals surface area contributed by atoms with E-state index >= 15 is 0 Å². The molecule has 3 amide bonds. The van der Waals surface area contributed by atoms with E-state index in [-0.39, 0.29) is 21.2 Å². The Bertz CT molecular complexity index is 1110. The number of carbonyl (C=O) groups is 3. The van der Waals surface area contributed by atoms with Crippen LogP contribution in [0, 0.1) is 0 Å². The minimum Gasteiger partial charge on any atom is -0.324 e. The van der Waals surface area contributed by atoms with E-state index in [1.54, 1.807) is 12.1 Å². The van der Waals surface area contributed by atoms with Gasteiger partial charge in [-0.25, -0.2) is 0 Å². The van der Waals surface area contributed by atoms with Crippen LogP contribution in [0.5, 0.6) is 0 Å². The summed E-state index contributed by atoms with van der Waals surface area (Å²) < 4.78 is 0. The van der Waals surface area contributed by atoms with Gasteiger partial charge in [0.05, 0.1) is 21.2 Å². The molecule has 3 aromatic rings. The summed E-state index contributed by atoms with van der Waals surface area (Å²) in [7, 11) is 0. The molecule has 0 bridgehead atoms. The molecule has 144 valence electrons. The number of carbonyl (C=O) groups excluding carboxylic acids is 3. The first-order chi connectivity index (χ1) is 14.0. The second kappa shape index (κ2) is 7.70. The number of anilines is 1. The van der Waals surface area contributed by atoms with Gasteiger partial charge < -0.3 is 5.32 Å². The normalized spacial score (nSPS) is 12.8. The molecule has 1 aliphatic heterocycles. The second-order valence-corrected chi connectivity index (χ2v) is 7.28. The number of fused-ring (bicyclic) bond motifs is 1. The molecule has 0 saturated carbocycles. The van der Waals surface area contributed by atoms with Gasteiger partial charge in [0.15, 0.2) is 0 Å².